The van der Waals surface area contributed by atoms with Gasteiger partial charge in [-0.3, -0.25) is 4.79 Å². The fourth-order valence-corrected chi connectivity index (χ4v) is 1.29. The molecule has 0 spiro atoms. The first-order valence-corrected chi connectivity index (χ1v) is 4.89. The molecular formula is C11H15NO4. The van der Waals surface area contributed by atoms with Gasteiger partial charge in [-0.15, -0.1) is 0 Å². The van der Waals surface area contributed by atoms with E-state index in [1.807, 2.05) is 6.92 Å². The number of hydrogen-bond donors (Lipinski definition) is 2. The van der Waals surface area contributed by atoms with Crippen LogP contribution < -0.4 is 15.2 Å². The first-order chi connectivity index (χ1) is 7.60. The Bertz CT molecular complexity index is 378. The van der Waals surface area contributed by atoms with Crippen molar-refractivity contribution in [2.45, 2.75) is 13.0 Å². The van der Waals surface area contributed by atoms with Gasteiger partial charge < -0.3 is 20.3 Å². The lowest BCUT2D eigenvalue weighted by atomic mass is 10.1. The Hall–Kier alpha value is -1.75. The Morgan fingerprint density at radius 2 is 2.19 bits per heavy atom. The summed E-state index contributed by atoms with van der Waals surface area (Å²) in [5, 5.41) is 8.77. The molecule has 0 heterocycles. The third kappa shape index (κ3) is 2.64. The minimum absolute atomic E-state index is 0.479. The largest absolute Gasteiger partial charge is 0.493 e. The topological polar surface area (TPSA) is 81.8 Å². The van der Waals surface area contributed by atoms with Crippen molar-refractivity contribution in [1.29, 1.82) is 0 Å². The van der Waals surface area contributed by atoms with Gasteiger partial charge >= 0.3 is 5.97 Å². The average molecular weight is 225 g/mol. The van der Waals surface area contributed by atoms with Crippen molar-refractivity contribution in [3.63, 3.8) is 0 Å². The van der Waals surface area contributed by atoms with Crippen molar-refractivity contribution in [2.24, 2.45) is 5.73 Å². The van der Waals surface area contributed by atoms with Crippen LogP contribution in [0.2, 0.25) is 0 Å². The van der Waals surface area contributed by atoms with Crippen LogP contribution in [0.1, 0.15) is 18.5 Å². The molecule has 0 aliphatic heterocycles. The quantitative estimate of drug-likeness (QED) is 0.786. The molecule has 3 N–H and O–H groups in total. The smallest absolute Gasteiger partial charge is 0.325 e. The Morgan fingerprint density at radius 1 is 1.50 bits per heavy atom. The maximum atomic E-state index is 10.7. The maximum Gasteiger partial charge on any atom is 0.325 e. The van der Waals surface area contributed by atoms with E-state index >= 15 is 0 Å². The molecule has 5 heteroatoms. The predicted octanol–water partition coefficient (Wildman–Crippen LogP) is 1.18. The van der Waals surface area contributed by atoms with Crippen LogP contribution in [0.25, 0.3) is 0 Å². The van der Waals surface area contributed by atoms with E-state index in [4.69, 9.17) is 20.3 Å². The highest BCUT2D eigenvalue weighted by molar-refractivity contribution is 5.75. The molecule has 0 radical (unpaired) electrons. The van der Waals surface area contributed by atoms with Gasteiger partial charge in [0.2, 0.25) is 0 Å². The summed E-state index contributed by atoms with van der Waals surface area (Å²) in [6.07, 6.45) is 0. The first kappa shape index (κ1) is 12.3. The zero-order chi connectivity index (χ0) is 12.1. The number of carbonyl (C=O) groups is 1. The number of methoxy groups -OCH3 is 1. The molecule has 0 aliphatic carbocycles. The van der Waals surface area contributed by atoms with E-state index in [0.29, 0.717) is 23.7 Å². The van der Waals surface area contributed by atoms with Crippen LogP contribution in [-0.4, -0.2) is 24.8 Å². The van der Waals surface area contributed by atoms with Crippen LogP contribution in [0.4, 0.5) is 0 Å². The molecule has 5 nitrogen and oxygen atoms in total. The SMILES string of the molecule is CCOc1ccc(C(N)C(=O)O)cc1OC. The summed E-state index contributed by atoms with van der Waals surface area (Å²) in [5.74, 6) is -0.0198. The molecular weight excluding hydrogens is 210 g/mol. The normalized spacial score (nSPS) is 11.9. The zero-order valence-corrected chi connectivity index (χ0v) is 9.27. The molecule has 16 heavy (non-hydrogen) atoms. The second-order valence-corrected chi connectivity index (χ2v) is 3.16. The lowest BCUT2D eigenvalue weighted by molar-refractivity contribution is -0.138. The van der Waals surface area contributed by atoms with Crippen LogP contribution in [-0.2, 0) is 4.79 Å². The number of carboxylic acid groups (broad SMARTS) is 1. The standard InChI is InChI=1S/C11H15NO4/c1-3-16-8-5-4-7(6-9(8)15-2)10(12)11(13)14/h4-6,10H,3,12H2,1-2H3,(H,13,14). The third-order valence-electron chi connectivity index (χ3n) is 2.11. The fraction of sp³-hybridized carbons (Fsp3) is 0.364. The van der Waals surface area contributed by atoms with Crippen LogP contribution in [0, 0.1) is 0 Å². The molecule has 0 saturated carbocycles. The predicted molar refractivity (Wildman–Crippen MR) is 58.7 cm³/mol. The molecule has 1 rings (SSSR count). The number of benzene rings is 1. The van der Waals surface area contributed by atoms with Crippen LogP contribution in [0.3, 0.4) is 0 Å². The highest BCUT2D eigenvalue weighted by Gasteiger charge is 2.16. The number of nitrogens with two attached hydrogens (primary N) is 1. The minimum atomic E-state index is -1.08. The summed E-state index contributed by atoms with van der Waals surface area (Å²) in [5.41, 5.74) is 5.97. The van der Waals surface area contributed by atoms with Crippen LogP contribution in [0.5, 0.6) is 11.5 Å². The molecule has 0 aromatic heterocycles. The van der Waals surface area contributed by atoms with Gasteiger partial charge in [0.15, 0.2) is 11.5 Å². The summed E-state index contributed by atoms with van der Waals surface area (Å²) in [6, 6.07) is 3.79. The van der Waals surface area contributed by atoms with Crippen LogP contribution >= 0.6 is 0 Å². The van der Waals surface area contributed by atoms with Gasteiger partial charge in [0.1, 0.15) is 6.04 Å². The van der Waals surface area contributed by atoms with Gasteiger partial charge in [-0.2, -0.15) is 0 Å². The van der Waals surface area contributed by atoms with Crippen molar-refractivity contribution in [3.8, 4) is 11.5 Å². The zero-order valence-electron chi connectivity index (χ0n) is 9.27. The highest BCUT2D eigenvalue weighted by Crippen LogP contribution is 2.29. The van der Waals surface area contributed by atoms with E-state index in [1.54, 1.807) is 18.2 Å². The summed E-state index contributed by atoms with van der Waals surface area (Å²) < 4.78 is 10.4. The maximum absolute atomic E-state index is 10.7. The second kappa shape index (κ2) is 5.37. The van der Waals surface area contributed by atoms with Gasteiger partial charge in [0.05, 0.1) is 13.7 Å². The molecule has 1 unspecified atom stereocenters. The van der Waals surface area contributed by atoms with Crippen molar-refractivity contribution in [3.05, 3.63) is 23.8 Å². The van der Waals surface area contributed by atoms with E-state index in [1.165, 1.54) is 7.11 Å². The van der Waals surface area contributed by atoms with E-state index in [-0.39, 0.29) is 0 Å². The lowest BCUT2D eigenvalue weighted by Crippen LogP contribution is -2.20. The third-order valence-corrected chi connectivity index (χ3v) is 2.11. The van der Waals surface area contributed by atoms with Gasteiger partial charge in [-0.1, -0.05) is 6.07 Å². The fourth-order valence-electron chi connectivity index (χ4n) is 1.29. The molecule has 0 bridgehead atoms. The minimum Gasteiger partial charge on any atom is -0.493 e. The lowest BCUT2D eigenvalue weighted by Gasteiger charge is -2.12. The molecule has 0 saturated heterocycles. The average Bonchev–Trinajstić information content (AvgIpc) is 2.29. The molecule has 0 aliphatic rings. The first-order valence-electron chi connectivity index (χ1n) is 4.89. The molecule has 1 atom stereocenters. The second-order valence-electron chi connectivity index (χ2n) is 3.16. The Kier molecular flexibility index (Phi) is 4.13. The summed E-state index contributed by atoms with van der Waals surface area (Å²) in [7, 11) is 1.49. The number of ether oxygens (including phenoxy) is 2. The van der Waals surface area contributed by atoms with E-state index in [0.717, 1.165) is 0 Å². The summed E-state index contributed by atoms with van der Waals surface area (Å²) in [4.78, 5) is 10.7. The molecule has 0 amide bonds. The number of carboxylic acids is 1. The molecule has 1 aromatic carbocycles. The van der Waals surface area contributed by atoms with Gasteiger partial charge in [-0.25, -0.2) is 0 Å². The van der Waals surface area contributed by atoms with Crippen molar-refractivity contribution in [2.75, 3.05) is 13.7 Å². The van der Waals surface area contributed by atoms with E-state index in [2.05, 4.69) is 0 Å². The van der Waals surface area contributed by atoms with Gasteiger partial charge in [0.25, 0.3) is 0 Å². The monoisotopic (exact) mass is 225 g/mol. The Morgan fingerprint density at radius 3 is 2.69 bits per heavy atom. The van der Waals surface area contributed by atoms with Crippen LogP contribution in [0.15, 0.2) is 18.2 Å². The molecule has 1 aromatic rings. The van der Waals surface area contributed by atoms with Gasteiger partial charge in [0, 0.05) is 0 Å². The number of hydrogen-bond acceptors (Lipinski definition) is 4. The van der Waals surface area contributed by atoms with Crippen molar-refractivity contribution >= 4 is 5.97 Å². The molecule has 0 fully saturated rings. The van der Waals surface area contributed by atoms with E-state index < -0.39 is 12.0 Å². The van der Waals surface area contributed by atoms with Gasteiger partial charge in [-0.05, 0) is 24.6 Å². The Balaban J connectivity index is 3.03. The highest BCUT2D eigenvalue weighted by atomic mass is 16.5. The molecule has 88 valence electrons. The van der Waals surface area contributed by atoms with Crippen molar-refractivity contribution < 1.29 is 19.4 Å². The summed E-state index contributed by atoms with van der Waals surface area (Å²) in [6.45, 7) is 2.37. The van der Waals surface area contributed by atoms with Crippen molar-refractivity contribution in [1.82, 2.24) is 0 Å². The summed E-state index contributed by atoms with van der Waals surface area (Å²) >= 11 is 0. The Labute approximate surface area is 93.8 Å². The number of aliphatic carboxylic acids is 1. The van der Waals surface area contributed by atoms with E-state index in [9.17, 15) is 4.79 Å². The number of rotatable bonds is 5.